The summed E-state index contributed by atoms with van der Waals surface area (Å²) in [4.78, 5) is 0. The topological polar surface area (TPSA) is 47.9 Å². The molecule has 1 N–H and O–H groups in total. The van der Waals surface area contributed by atoms with Gasteiger partial charge in [0.2, 0.25) is 0 Å². The molecular weight excluding hydrogens is 243 g/mol. The molecule has 0 atom stereocenters. The Morgan fingerprint density at radius 3 is 2.21 bits per heavy atom. The predicted octanol–water partition coefficient (Wildman–Crippen LogP) is 1.49. The Morgan fingerprint density at radius 2 is 1.74 bits per heavy atom. The zero-order valence-electron chi connectivity index (χ0n) is 12.2. The SMILES string of the molecule is COc1ccc(B2OC(C)(C)C(C)(C)O2)c(CO)c1. The van der Waals surface area contributed by atoms with E-state index in [9.17, 15) is 5.11 Å². The van der Waals surface area contributed by atoms with Crippen molar-refractivity contribution >= 4 is 12.6 Å². The minimum absolute atomic E-state index is 0.0728. The van der Waals surface area contributed by atoms with Gasteiger partial charge in [0.05, 0.1) is 24.9 Å². The molecule has 1 aliphatic heterocycles. The van der Waals surface area contributed by atoms with Crippen LogP contribution in [0.3, 0.4) is 0 Å². The van der Waals surface area contributed by atoms with Crippen LogP contribution in [0.4, 0.5) is 0 Å². The van der Waals surface area contributed by atoms with Crippen molar-refractivity contribution in [2.45, 2.75) is 45.5 Å². The number of hydrogen-bond donors (Lipinski definition) is 1. The average Bonchev–Trinajstić information content (AvgIpc) is 2.57. The number of methoxy groups -OCH3 is 1. The Labute approximate surface area is 114 Å². The molecule has 19 heavy (non-hydrogen) atoms. The second-order valence-electron chi connectivity index (χ2n) is 5.81. The van der Waals surface area contributed by atoms with Crippen LogP contribution in [-0.4, -0.2) is 30.5 Å². The zero-order valence-corrected chi connectivity index (χ0v) is 12.2. The molecule has 0 spiro atoms. The molecule has 1 saturated heterocycles. The van der Waals surface area contributed by atoms with Gasteiger partial charge < -0.3 is 19.2 Å². The molecule has 0 unspecified atom stereocenters. The van der Waals surface area contributed by atoms with Crippen LogP contribution in [0.15, 0.2) is 18.2 Å². The van der Waals surface area contributed by atoms with E-state index < -0.39 is 7.12 Å². The first kappa shape index (κ1) is 14.4. The second kappa shape index (κ2) is 4.82. The molecule has 0 radical (unpaired) electrons. The lowest BCUT2D eigenvalue weighted by atomic mass is 9.76. The molecule has 0 bridgehead atoms. The second-order valence-corrected chi connectivity index (χ2v) is 5.81. The van der Waals surface area contributed by atoms with Crippen LogP contribution in [0.2, 0.25) is 0 Å². The van der Waals surface area contributed by atoms with Crippen LogP contribution in [-0.2, 0) is 15.9 Å². The Morgan fingerprint density at radius 1 is 1.16 bits per heavy atom. The fourth-order valence-electron chi connectivity index (χ4n) is 2.05. The normalized spacial score (nSPS) is 20.6. The van der Waals surface area contributed by atoms with Crippen molar-refractivity contribution in [2.24, 2.45) is 0 Å². The van der Waals surface area contributed by atoms with Gasteiger partial charge in [-0.1, -0.05) is 6.07 Å². The molecule has 5 heteroatoms. The summed E-state index contributed by atoms with van der Waals surface area (Å²) in [5.41, 5.74) is 0.842. The van der Waals surface area contributed by atoms with Crippen molar-refractivity contribution in [3.8, 4) is 5.75 Å². The molecule has 4 nitrogen and oxygen atoms in total. The monoisotopic (exact) mass is 264 g/mol. The first-order chi connectivity index (χ1) is 8.80. The molecule has 104 valence electrons. The van der Waals surface area contributed by atoms with E-state index in [1.807, 2.05) is 39.8 Å². The highest BCUT2D eigenvalue weighted by Gasteiger charge is 2.52. The highest BCUT2D eigenvalue weighted by Crippen LogP contribution is 2.36. The van der Waals surface area contributed by atoms with E-state index in [0.29, 0.717) is 5.75 Å². The summed E-state index contributed by atoms with van der Waals surface area (Å²) < 4.78 is 17.1. The average molecular weight is 264 g/mol. The Kier molecular flexibility index (Phi) is 3.64. The lowest BCUT2D eigenvalue weighted by molar-refractivity contribution is 0.00578. The van der Waals surface area contributed by atoms with Crippen LogP contribution in [0, 0.1) is 0 Å². The van der Waals surface area contributed by atoms with E-state index in [1.165, 1.54) is 0 Å². The van der Waals surface area contributed by atoms with Crippen molar-refractivity contribution < 1.29 is 19.2 Å². The minimum Gasteiger partial charge on any atom is -0.497 e. The predicted molar refractivity (Wildman–Crippen MR) is 74.6 cm³/mol. The van der Waals surface area contributed by atoms with Crippen molar-refractivity contribution in [2.75, 3.05) is 7.11 Å². The van der Waals surface area contributed by atoms with Gasteiger partial charge in [0.25, 0.3) is 0 Å². The third-order valence-electron chi connectivity index (χ3n) is 4.03. The van der Waals surface area contributed by atoms with Crippen LogP contribution < -0.4 is 10.2 Å². The highest BCUT2D eigenvalue weighted by atomic mass is 16.7. The standard InChI is InChI=1S/C14H21BO4/c1-13(2)14(3,4)19-15(18-13)12-7-6-11(17-5)8-10(12)9-16/h6-8,16H,9H2,1-5H3. The molecule has 0 aliphatic carbocycles. The summed E-state index contributed by atoms with van der Waals surface area (Å²) in [7, 11) is 1.14. The number of aliphatic hydroxyl groups excluding tert-OH is 1. The summed E-state index contributed by atoms with van der Waals surface area (Å²) in [6.45, 7) is 7.96. The van der Waals surface area contributed by atoms with Crippen LogP contribution >= 0.6 is 0 Å². The first-order valence-corrected chi connectivity index (χ1v) is 6.44. The molecule has 1 aromatic rings. The van der Waals surface area contributed by atoms with E-state index >= 15 is 0 Å². The number of rotatable bonds is 3. The van der Waals surface area contributed by atoms with Gasteiger partial charge in [-0.05, 0) is 50.9 Å². The summed E-state index contributed by atoms with van der Waals surface area (Å²) in [5, 5.41) is 9.49. The number of benzene rings is 1. The van der Waals surface area contributed by atoms with E-state index in [2.05, 4.69) is 0 Å². The van der Waals surface area contributed by atoms with E-state index in [-0.39, 0.29) is 17.8 Å². The molecule has 1 fully saturated rings. The minimum atomic E-state index is -0.460. The van der Waals surface area contributed by atoms with E-state index in [1.54, 1.807) is 13.2 Å². The maximum atomic E-state index is 9.49. The van der Waals surface area contributed by atoms with Gasteiger partial charge in [0.15, 0.2) is 0 Å². The smallest absolute Gasteiger partial charge is 0.495 e. The number of aliphatic hydroxyl groups is 1. The van der Waals surface area contributed by atoms with Crippen molar-refractivity contribution in [3.05, 3.63) is 23.8 Å². The summed E-state index contributed by atoms with van der Waals surface area (Å²) in [5.74, 6) is 0.712. The van der Waals surface area contributed by atoms with Crippen molar-refractivity contribution in [3.63, 3.8) is 0 Å². The van der Waals surface area contributed by atoms with Gasteiger partial charge in [-0.15, -0.1) is 0 Å². The van der Waals surface area contributed by atoms with E-state index in [4.69, 9.17) is 14.0 Å². The Balaban J connectivity index is 2.34. The molecular formula is C14H21BO4. The molecule has 1 heterocycles. The quantitative estimate of drug-likeness (QED) is 0.840. The lowest BCUT2D eigenvalue weighted by Gasteiger charge is -2.32. The zero-order chi connectivity index (χ0) is 14.3. The molecule has 0 saturated carbocycles. The maximum Gasteiger partial charge on any atom is 0.495 e. The molecule has 1 aliphatic rings. The lowest BCUT2D eigenvalue weighted by Crippen LogP contribution is -2.41. The molecule has 1 aromatic carbocycles. The summed E-state index contributed by atoms with van der Waals surface area (Å²) >= 11 is 0. The first-order valence-electron chi connectivity index (χ1n) is 6.44. The maximum absolute atomic E-state index is 9.49. The molecule has 0 aromatic heterocycles. The van der Waals surface area contributed by atoms with Crippen molar-refractivity contribution in [1.29, 1.82) is 0 Å². The van der Waals surface area contributed by atoms with Gasteiger partial charge in [-0.3, -0.25) is 0 Å². The Bertz CT molecular complexity index is 455. The van der Waals surface area contributed by atoms with Gasteiger partial charge >= 0.3 is 7.12 Å². The largest absolute Gasteiger partial charge is 0.497 e. The van der Waals surface area contributed by atoms with Gasteiger partial charge in [-0.2, -0.15) is 0 Å². The van der Waals surface area contributed by atoms with Crippen LogP contribution in [0.25, 0.3) is 0 Å². The third-order valence-corrected chi connectivity index (χ3v) is 4.03. The Hall–Kier alpha value is -1.04. The summed E-state index contributed by atoms with van der Waals surface area (Å²) in [6, 6.07) is 5.53. The molecule has 2 rings (SSSR count). The number of ether oxygens (including phenoxy) is 1. The van der Waals surface area contributed by atoms with Crippen molar-refractivity contribution in [1.82, 2.24) is 0 Å². The highest BCUT2D eigenvalue weighted by molar-refractivity contribution is 6.62. The summed E-state index contributed by atoms with van der Waals surface area (Å²) in [6.07, 6.45) is 0. The van der Waals surface area contributed by atoms with Gasteiger partial charge in [0.1, 0.15) is 5.75 Å². The van der Waals surface area contributed by atoms with Crippen LogP contribution in [0.1, 0.15) is 33.3 Å². The third kappa shape index (κ3) is 2.50. The van der Waals surface area contributed by atoms with Gasteiger partial charge in [0, 0.05) is 0 Å². The molecule has 0 amide bonds. The van der Waals surface area contributed by atoms with Gasteiger partial charge in [-0.25, -0.2) is 0 Å². The fourth-order valence-corrected chi connectivity index (χ4v) is 2.05. The fraction of sp³-hybridized carbons (Fsp3) is 0.571. The van der Waals surface area contributed by atoms with E-state index in [0.717, 1.165) is 11.0 Å². The number of hydrogen-bond acceptors (Lipinski definition) is 4. The van der Waals surface area contributed by atoms with Crippen LogP contribution in [0.5, 0.6) is 5.75 Å².